The van der Waals surface area contributed by atoms with Crippen LogP contribution in [0.4, 0.5) is 0 Å². The number of nitrogens with one attached hydrogen (secondary N) is 2. The van der Waals surface area contributed by atoms with Gasteiger partial charge < -0.3 is 20.5 Å². The van der Waals surface area contributed by atoms with E-state index < -0.39 is 36.4 Å². The molecule has 0 saturated carbocycles. The number of carboxylic acids is 1. The molecule has 0 spiro atoms. The number of hydrogen-bond acceptors (Lipinski definition) is 5. The van der Waals surface area contributed by atoms with Gasteiger partial charge in [0.15, 0.2) is 0 Å². The molecule has 2 atom stereocenters. The molecule has 0 aliphatic rings. The molecule has 0 aromatic carbocycles. The Labute approximate surface area is 142 Å². The fourth-order valence-corrected chi connectivity index (χ4v) is 2.09. The lowest BCUT2D eigenvalue weighted by Gasteiger charge is -2.19. The number of carbonyl (C=O) groups is 4. The van der Waals surface area contributed by atoms with Gasteiger partial charge in [-0.25, -0.2) is 4.79 Å². The van der Waals surface area contributed by atoms with Crippen LogP contribution in [0.5, 0.6) is 0 Å². The van der Waals surface area contributed by atoms with Crippen LogP contribution in [0.15, 0.2) is 0 Å². The number of rotatable bonds is 12. The zero-order valence-electron chi connectivity index (χ0n) is 14.6. The first-order chi connectivity index (χ1) is 11.3. The van der Waals surface area contributed by atoms with Gasteiger partial charge in [-0.2, -0.15) is 0 Å². The molecule has 0 fully saturated rings. The van der Waals surface area contributed by atoms with Crippen LogP contribution in [-0.4, -0.2) is 48.1 Å². The van der Waals surface area contributed by atoms with Crippen molar-refractivity contribution in [3.63, 3.8) is 0 Å². The maximum absolute atomic E-state index is 12.1. The third-order valence-electron chi connectivity index (χ3n) is 3.45. The van der Waals surface area contributed by atoms with Gasteiger partial charge in [-0.15, -0.1) is 0 Å². The third-order valence-corrected chi connectivity index (χ3v) is 3.45. The summed E-state index contributed by atoms with van der Waals surface area (Å²) in [5.41, 5.74) is 0. The number of unbranched alkanes of at least 4 members (excludes halogenated alkanes) is 4. The summed E-state index contributed by atoms with van der Waals surface area (Å²) in [7, 11) is 1.18. The van der Waals surface area contributed by atoms with Gasteiger partial charge in [-0.3, -0.25) is 14.4 Å². The summed E-state index contributed by atoms with van der Waals surface area (Å²) in [5.74, 6) is -2.97. The van der Waals surface area contributed by atoms with E-state index in [0.717, 1.165) is 25.7 Å². The first-order valence-electron chi connectivity index (χ1n) is 8.21. The van der Waals surface area contributed by atoms with E-state index >= 15 is 0 Å². The fraction of sp³-hybridized carbons (Fsp3) is 0.750. The molecule has 0 rings (SSSR count). The van der Waals surface area contributed by atoms with Gasteiger partial charge in [0.05, 0.1) is 13.5 Å². The van der Waals surface area contributed by atoms with Crippen molar-refractivity contribution in [1.29, 1.82) is 0 Å². The van der Waals surface area contributed by atoms with Crippen molar-refractivity contribution < 1.29 is 29.0 Å². The summed E-state index contributed by atoms with van der Waals surface area (Å²) in [6, 6.07) is -2.15. The first kappa shape index (κ1) is 21.9. The molecule has 0 aromatic rings. The minimum absolute atomic E-state index is 0.236. The summed E-state index contributed by atoms with van der Waals surface area (Å²) >= 11 is 0. The van der Waals surface area contributed by atoms with Gasteiger partial charge in [0, 0.05) is 6.42 Å². The molecule has 0 aliphatic carbocycles. The lowest BCUT2D eigenvalue weighted by molar-refractivity contribution is -0.145. The number of ether oxygens (including phenoxy) is 1. The molecule has 8 heteroatoms. The number of aliphatic carboxylic acids is 1. The molecule has 0 aromatic heterocycles. The van der Waals surface area contributed by atoms with Crippen molar-refractivity contribution in [2.75, 3.05) is 7.11 Å². The fourth-order valence-electron chi connectivity index (χ4n) is 2.09. The standard InChI is InChI=1S/C16H28N2O6/c1-4-5-6-7-8-9-13(19)18-12(10-14(20)21)15(22)17-11(2)16(23)24-3/h11-12H,4-10H2,1-3H3,(H,17,22)(H,18,19)(H,20,21)/t11-,12+/m0/s1. The number of esters is 1. The Morgan fingerprint density at radius 2 is 1.67 bits per heavy atom. The molecule has 2 amide bonds. The van der Waals surface area contributed by atoms with E-state index in [1.165, 1.54) is 14.0 Å². The van der Waals surface area contributed by atoms with E-state index in [1.807, 2.05) is 0 Å². The number of hydrogen-bond donors (Lipinski definition) is 3. The number of carbonyl (C=O) groups excluding carboxylic acids is 3. The predicted octanol–water partition coefficient (Wildman–Crippen LogP) is 0.984. The maximum atomic E-state index is 12.1. The van der Waals surface area contributed by atoms with Crippen molar-refractivity contribution in [2.24, 2.45) is 0 Å². The summed E-state index contributed by atoms with van der Waals surface area (Å²) in [6.07, 6.45) is 4.53. The Balaban J connectivity index is 4.48. The number of methoxy groups -OCH3 is 1. The van der Waals surface area contributed by atoms with Crippen molar-refractivity contribution in [3.8, 4) is 0 Å². The SMILES string of the molecule is CCCCCCCC(=O)N[C@H](CC(=O)O)C(=O)N[C@@H](C)C(=O)OC. The van der Waals surface area contributed by atoms with E-state index in [-0.39, 0.29) is 12.3 Å². The zero-order chi connectivity index (χ0) is 18.5. The monoisotopic (exact) mass is 344 g/mol. The van der Waals surface area contributed by atoms with E-state index in [4.69, 9.17) is 5.11 Å². The highest BCUT2D eigenvalue weighted by Gasteiger charge is 2.26. The Morgan fingerprint density at radius 1 is 1.04 bits per heavy atom. The van der Waals surface area contributed by atoms with E-state index in [1.54, 1.807) is 0 Å². The van der Waals surface area contributed by atoms with Crippen LogP contribution in [0.1, 0.15) is 58.8 Å². The average Bonchev–Trinajstić information content (AvgIpc) is 2.52. The van der Waals surface area contributed by atoms with Gasteiger partial charge in [-0.05, 0) is 13.3 Å². The molecule has 3 N–H and O–H groups in total. The highest BCUT2D eigenvalue weighted by Crippen LogP contribution is 2.05. The normalized spacial score (nSPS) is 12.8. The second kappa shape index (κ2) is 12.3. The highest BCUT2D eigenvalue weighted by molar-refractivity contribution is 5.92. The van der Waals surface area contributed by atoms with E-state index in [9.17, 15) is 19.2 Å². The van der Waals surface area contributed by atoms with Crippen molar-refractivity contribution in [1.82, 2.24) is 10.6 Å². The molecule has 0 radical (unpaired) electrons. The second-order valence-electron chi connectivity index (χ2n) is 5.64. The largest absolute Gasteiger partial charge is 0.481 e. The van der Waals surface area contributed by atoms with Gasteiger partial charge in [-0.1, -0.05) is 32.6 Å². The van der Waals surface area contributed by atoms with Crippen molar-refractivity contribution >= 4 is 23.8 Å². The Morgan fingerprint density at radius 3 is 2.21 bits per heavy atom. The quantitative estimate of drug-likeness (QED) is 0.358. The summed E-state index contributed by atoms with van der Waals surface area (Å²) in [4.78, 5) is 46.1. The van der Waals surface area contributed by atoms with Gasteiger partial charge in [0.1, 0.15) is 12.1 Å². The topological polar surface area (TPSA) is 122 Å². The number of carboxylic acid groups (broad SMARTS) is 1. The molecule has 0 aliphatic heterocycles. The molecule has 0 saturated heterocycles. The van der Waals surface area contributed by atoms with Crippen LogP contribution in [0.25, 0.3) is 0 Å². The van der Waals surface area contributed by atoms with Crippen molar-refractivity contribution in [3.05, 3.63) is 0 Å². The minimum Gasteiger partial charge on any atom is -0.481 e. The molecule has 0 bridgehead atoms. The molecular formula is C16H28N2O6. The smallest absolute Gasteiger partial charge is 0.328 e. The molecule has 24 heavy (non-hydrogen) atoms. The summed E-state index contributed by atoms with van der Waals surface area (Å²) in [6.45, 7) is 3.51. The number of amides is 2. The van der Waals surface area contributed by atoms with Gasteiger partial charge in [0.25, 0.3) is 0 Å². The lowest BCUT2D eigenvalue weighted by atomic mass is 10.1. The lowest BCUT2D eigenvalue weighted by Crippen LogP contribution is -2.51. The summed E-state index contributed by atoms with van der Waals surface area (Å²) in [5, 5.41) is 13.6. The molecule has 8 nitrogen and oxygen atoms in total. The Kier molecular flexibility index (Phi) is 11.2. The van der Waals surface area contributed by atoms with Crippen LogP contribution < -0.4 is 10.6 Å². The summed E-state index contributed by atoms with van der Waals surface area (Å²) < 4.78 is 4.48. The van der Waals surface area contributed by atoms with Gasteiger partial charge in [0.2, 0.25) is 11.8 Å². The van der Waals surface area contributed by atoms with Crippen LogP contribution in [0.3, 0.4) is 0 Å². The molecule has 138 valence electrons. The average molecular weight is 344 g/mol. The molecule has 0 unspecified atom stereocenters. The maximum Gasteiger partial charge on any atom is 0.328 e. The van der Waals surface area contributed by atoms with E-state index in [0.29, 0.717) is 6.42 Å². The highest BCUT2D eigenvalue weighted by atomic mass is 16.5. The van der Waals surface area contributed by atoms with Gasteiger partial charge >= 0.3 is 11.9 Å². The minimum atomic E-state index is -1.22. The molecular weight excluding hydrogens is 316 g/mol. The second-order valence-corrected chi connectivity index (χ2v) is 5.64. The van der Waals surface area contributed by atoms with Crippen LogP contribution in [-0.2, 0) is 23.9 Å². The van der Waals surface area contributed by atoms with E-state index in [2.05, 4.69) is 22.3 Å². The Bertz CT molecular complexity index is 438. The van der Waals surface area contributed by atoms with Crippen LogP contribution in [0.2, 0.25) is 0 Å². The first-order valence-corrected chi connectivity index (χ1v) is 8.21. The zero-order valence-corrected chi connectivity index (χ0v) is 14.6. The van der Waals surface area contributed by atoms with Crippen molar-refractivity contribution in [2.45, 2.75) is 70.9 Å². The molecule has 0 heterocycles. The van der Waals surface area contributed by atoms with Crippen LogP contribution >= 0.6 is 0 Å². The predicted molar refractivity (Wildman–Crippen MR) is 87.2 cm³/mol. The Hall–Kier alpha value is -2.12. The van der Waals surface area contributed by atoms with Crippen LogP contribution in [0, 0.1) is 0 Å². The third kappa shape index (κ3) is 9.81.